The van der Waals surface area contributed by atoms with E-state index in [2.05, 4.69) is 0 Å². The highest BCUT2D eigenvalue weighted by Gasteiger charge is 2.35. The van der Waals surface area contributed by atoms with Crippen LogP contribution in [0.5, 0.6) is 0 Å². The van der Waals surface area contributed by atoms with Gasteiger partial charge in [-0.15, -0.1) is 0 Å². The maximum Gasteiger partial charge on any atom is 0.255 e. The summed E-state index contributed by atoms with van der Waals surface area (Å²) >= 11 is 0. The van der Waals surface area contributed by atoms with Crippen LogP contribution < -0.4 is 0 Å². The summed E-state index contributed by atoms with van der Waals surface area (Å²) in [5, 5.41) is 9.61. The summed E-state index contributed by atoms with van der Waals surface area (Å²) in [4.78, 5) is 14.0. The number of carbonyl (C=O) groups is 1. The van der Waals surface area contributed by atoms with E-state index in [1.807, 2.05) is 41.1 Å². The first-order chi connectivity index (χ1) is 8.66. The van der Waals surface area contributed by atoms with E-state index in [1.165, 1.54) is 0 Å². The maximum atomic E-state index is 12.3. The molecule has 0 aliphatic heterocycles. The van der Waals surface area contributed by atoms with E-state index in [1.54, 1.807) is 11.9 Å². The van der Waals surface area contributed by atoms with Gasteiger partial charge in [-0.1, -0.05) is 6.07 Å². The molecule has 3 rings (SSSR count). The molecule has 2 aromatic rings. The number of nitrogens with zero attached hydrogens (tertiary/aromatic N) is 2. The summed E-state index contributed by atoms with van der Waals surface area (Å²) in [7, 11) is 1.76. The first-order valence-electron chi connectivity index (χ1n) is 6.19. The number of aliphatic hydroxyl groups is 1. The summed E-state index contributed by atoms with van der Waals surface area (Å²) in [5.41, 5.74) is 1.67. The third-order valence-electron chi connectivity index (χ3n) is 3.77. The molecule has 0 saturated heterocycles. The Kier molecular flexibility index (Phi) is 2.59. The largest absolute Gasteiger partial charge is 0.391 e. The van der Waals surface area contributed by atoms with Crippen LogP contribution in [-0.2, 0) is 0 Å². The monoisotopic (exact) mass is 244 g/mol. The zero-order valence-corrected chi connectivity index (χ0v) is 10.3. The molecular weight excluding hydrogens is 228 g/mol. The van der Waals surface area contributed by atoms with Crippen molar-refractivity contribution in [3.05, 3.63) is 42.2 Å². The molecule has 0 aromatic carbocycles. The highest BCUT2D eigenvalue weighted by atomic mass is 16.3. The SMILES string of the molecule is CN(C(=O)c1cc2ccccn2c1)C1CCC1O. The molecule has 94 valence electrons. The van der Waals surface area contributed by atoms with Crippen molar-refractivity contribution in [1.29, 1.82) is 0 Å². The lowest BCUT2D eigenvalue weighted by Crippen LogP contribution is -2.51. The van der Waals surface area contributed by atoms with Crippen molar-refractivity contribution in [2.24, 2.45) is 0 Å². The molecule has 1 aliphatic rings. The predicted molar refractivity (Wildman–Crippen MR) is 68.5 cm³/mol. The second-order valence-corrected chi connectivity index (χ2v) is 4.89. The van der Waals surface area contributed by atoms with Crippen molar-refractivity contribution >= 4 is 11.4 Å². The van der Waals surface area contributed by atoms with Crippen molar-refractivity contribution in [2.75, 3.05) is 7.05 Å². The minimum atomic E-state index is -0.365. The molecule has 0 spiro atoms. The van der Waals surface area contributed by atoms with Gasteiger partial charge in [0.1, 0.15) is 0 Å². The number of fused-ring (bicyclic) bond motifs is 1. The van der Waals surface area contributed by atoms with Gasteiger partial charge in [0, 0.05) is 25.0 Å². The van der Waals surface area contributed by atoms with Gasteiger partial charge in [-0.25, -0.2) is 0 Å². The van der Waals surface area contributed by atoms with Gasteiger partial charge >= 0.3 is 0 Å². The zero-order valence-electron chi connectivity index (χ0n) is 10.3. The van der Waals surface area contributed by atoms with E-state index in [4.69, 9.17) is 0 Å². The second kappa shape index (κ2) is 4.14. The molecule has 0 radical (unpaired) electrons. The fourth-order valence-corrected chi connectivity index (χ4v) is 2.44. The number of pyridine rings is 1. The molecule has 0 bridgehead atoms. The number of aromatic nitrogens is 1. The third kappa shape index (κ3) is 1.69. The summed E-state index contributed by atoms with van der Waals surface area (Å²) < 4.78 is 1.93. The molecule has 4 heteroatoms. The van der Waals surface area contributed by atoms with Crippen LogP contribution >= 0.6 is 0 Å². The topological polar surface area (TPSA) is 45.0 Å². The summed E-state index contributed by atoms with van der Waals surface area (Å²) in [5.74, 6) is -0.0255. The molecule has 1 N–H and O–H groups in total. The normalized spacial score (nSPS) is 22.8. The molecule has 2 atom stereocenters. The van der Waals surface area contributed by atoms with E-state index < -0.39 is 0 Å². The van der Waals surface area contributed by atoms with Gasteiger partial charge in [0.25, 0.3) is 5.91 Å². The van der Waals surface area contributed by atoms with Gasteiger partial charge in [0.2, 0.25) is 0 Å². The van der Waals surface area contributed by atoms with Crippen LogP contribution in [-0.4, -0.2) is 39.5 Å². The molecule has 2 unspecified atom stereocenters. The van der Waals surface area contributed by atoms with Crippen molar-refractivity contribution in [3.8, 4) is 0 Å². The van der Waals surface area contributed by atoms with Crippen LogP contribution in [0.1, 0.15) is 23.2 Å². The highest BCUT2D eigenvalue weighted by molar-refractivity contribution is 5.95. The maximum absolute atomic E-state index is 12.3. The second-order valence-electron chi connectivity index (χ2n) is 4.89. The number of likely N-dealkylation sites (N-methyl/N-ethyl adjacent to an activating group) is 1. The summed E-state index contributed by atoms with van der Waals surface area (Å²) in [6.07, 6.45) is 5.07. The smallest absolute Gasteiger partial charge is 0.255 e. The molecule has 4 nitrogen and oxygen atoms in total. The molecule has 2 heterocycles. The minimum Gasteiger partial charge on any atom is -0.391 e. The predicted octanol–water partition coefficient (Wildman–Crippen LogP) is 1.53. The minimum absolute atomic E-state index is 0.0255. The molecule has 1 amide bonds. The van der Waals surface area contributed by atoms with E-state index in [0.29, 0.717) is 5.56 Å². The average molecular weight is 244 g/mol. The molecule has 2 aromatic heterocycles. The van der Waals surface area contributed by atoms with Gasteiger partial charge in [-0.2, -0.15) is 0 Å². The molecule has 1 saturated carbocycles. The zero-order chi connectivity index (χ0) is 12.7. The van der Waals surface area contributed by atoms with Crippen molar-refractivity contribution in [3.63, 3.8) is 0 Å². The Labute approximate surface area is 105 Å². The average Bonchev–Trinajstić information content (AvgIpc) is 2.79. The van der Waals surface area contributed by atoms with Crippen LogP contribution in [0.2, 0.25) is 0 Å². The van der Waals surface area contributed by atoms with E-state index in [-0.39, 0.29) is 18.1 Å². The van der Waals surface area contributed by atoms with Crippen LogP contribution in [0.4, 0.5) is 0 Å². The van der Waals surface area contributed by atoms with Gasteiger partial charge < -0.3 is 14.4 Å². The fraction of sp³-hybridized carbons (Fsp3) is 0.357. The lowest BCUT2D eigenvalue weighted by atomic mass is 9.88. The highest BCUT2D eigenvalue weighted by Crippen LogP contribution is 2.26. The standard InChI is InChI=1S/C14H16N2O2/c1-15(12-5-6-13(12)17)14(18)10-8-11-4-2-3-7-16(11)9-10/h2-4,7-9,12-13,17H,5-6H2,1H3. The van der Waals surface area contributed by atoms with Gasteiger partial charge in [0.15, 0.2) is 0 Å². The van der Waals surface area contributed by atoms with Gasteiger partial charge in [-0.3, -0.25) is 4.79 Å². The summed E-state index contributed by atoms with van der Waals surface area (Å²) in [6.45, 7) is 0. The molecule has 18 heavy (non-hydrogen) atoms. The number of amides is 1. The van der Waals surface area contributed by atoms with Crippen LogP contribution in [0.3, 0.4) is 0 Å². The van der Waals surface area contributed by atoms with Crippen LogP contribution in [0.25, 0.3) is 5.52 Å². The van der Waals surface area contributed by atoms with Crippen LogP contribution in [0, 0.1) is 0 Å². The first-order valence-corrected chi connectivity index (χ1v) is 6.19. The van der Waals surface area contributed by atoms with Crippen molar-refractivity contribution in [1.82, 2.24) is 9.30 Å². The number of hydrogen-bond acceptors (Lipinski definition) is 2. The van der Waals surface area contributed by atoms with E-state index in [0.717, 1.165) is 18.4 Å². The molecule has 1 fully saturated rings. The Bertz CT molecular complexity index is 557. The Hall–Kier alpha value is -1.81. The molecular formula is C14H16N2O2. The number of aliphatic hydroxyl groups excluding tert-OH is 1. The van der Waals surface area contributed by atoms with Crippen molar-refractivity contribution in [2.45, 2.75) is 25.0 Å². The lowest BCUT2D eigenvalue weighted by molar-refractivity contribution is -0.00490. The Balaban J connectivity index is 1.87. The summed E-state index contributed by atoms with van der Waals surface area (Å²) in [6, 6.07) is 7.70. The number of rotatable bonds is 2. The fourth-order valence-electron chi connectivity index (χ4n) is 2.44. The third-order valence-corrected chi connectivity index (χ3v) is 3.77. The number of carbonyl (C=O) groups excluding carboxylic acids is 1. The molecule has 1 aliphatic carbocycles. The quantitative estimate of drug-likeness (QED) is 0.870. The van der Waals surface area contributed by atoms with Crippen LogP contribution in [0.15, 0.2) is 36.7 Å². The Morgan fingerprint density at radius 1 is 1.44 bits per heavy atom. The lowest BCUT2D eigenvalue weighted by Gasteiger charge is -2.39. The van der Waals surface area contributed by atoms with Crippen molar-refractivity contribution < 1.29 is 9.90 Å². The van der Waals surface area contributed by atoms with Gasteiger partial charge in [0.05, 0.1) is 17.7 Å². The number of hydrogen-bond donors (Lipinski definition) is 1. The van der Waals surface area contributed by atoms with E-state index >= 15 is 0 Å². The van der Waals surface area contributed by atoms with E-state index in [9.17, 15) is 9.90 Å². The Morgan fingerprint density at radius 3 is 2.89 bits per heavy atom. The first kappa shape index (κ1) is 11.3. The van der Waals surface area contributed by atoms with Gasteiger partial charge in [-0.05, 0) is 31.0 Å². The Morgan fingerprint density at radius 2 is 2.28 bits per heavy atom.